The number of hydrogen-bond donors (Lipinski definition) is 1. The van der Waals surface area contributed by atoms with Crippen molar-refractivity contribution >= 4 is 47.1 Å². The average molecular weight is 490 g/mol. The highest BCUT2D eigenvalue weighted by Crippen LogP contribution is 2.28. The highest BCUT2D eigenvalue weighted by atomic mass is 35.5. The Morgan fingerprint density at radius 2 is 1.88 bits per heavy atom. The average Bonchev–Trinajstić information content (AvgIpc) is 3.17. The highest BCUT2D eigenvalue weighted by Gasteiger charge is 2.17. The molecule has 0 fully saturated rings. The van der Waals surface area contributed by atoms with Crippen LogP contribution in [-0.4, -0.2) is 32.6 Å². The zero-order valence-electron chi connectivity index (χ0n) is 18.4. The van der Waals surface area contributed by atoms with Crippen LogP contribution in [0.5, 0.6) is 0 Å². The van der Waals surface area contributed by atoms with E-state index in [0.717, 1.165) is 11.4 Å². The third-order valence-electron chi connectivity index (χ3n) is 4.75. The maximum absolute atomic E-state index is 12.2. The molecule has 0 unspecified atom stereocenters. The molecular formula is C23H25Cl2N5OS. The number of thioether (sulfide) groups is 1. The number of carbonyl (C=O) groups excluding carboxylic acids is 1. The standard InChI is InChI=1S/C23H25Cl2N5OS/c1-5-30-21(15-9-11-17(12-10-15)23(2,3)4)28-29-22(30)32-14-19(31)27-26-13-16-7-6-8-18(24)20(16)25/h6-13H,5,14H2,1-4H3,(H,27,31)/b26-13+. The van der Waals surface area contributed by atoms with E-state index in [1.54, 1.807) is 18.2 Å². The third-order valence-corrected chi connectivity index (χ3v) is 6.55. The predicted molar refractivity (Wildman–Crippen MR) is 133 cm³/mol. The number of halogens is 2. The summed E-state index contributed by atoms with van der Waals surface area (Å²) in [5.41, 5.74) is 5.46. The van der Waals surface area contributed by atoms with Gasteiger partial charge in [-0.2, -0.15) is 5.10 Å². The summed E-state index contributed by atoms with van der Waals surface area (Å²) in [6.45, 7) is 9.27. The Hall–Kier alpha value is -2.35. The summed E-state index contributed by atoms with van der Waals surface area (Å²) >= 11 is 13.4. The number of hydrogen-bond acceptors (Lipinski definition) is 5. The molecular weight excluding hydrogens is 465 g/mol. The van der Waals surface area contributed by atoms with Crippen LogP contribution in [-0.2, 0) is 16.8 Å². The summed E-state index contributed by atoms with van der Waals surface area (Å²) in [7, 11) is 0. The minimum atomic E-state index is -0.258. The van der Waals surface area contributed by atoms with Gasteiger partial charge in [-0.25, -0.2) is 5.43 Å². The zero-order valence-corrected chi connectivity index (χ0v) is 20.7. The molecule has 0 spiro atoms. The first kappa shape index (κ1) is 24.3. The first-order chi connectivity index (χ1) is 15.2. The fourth-order valence-corrected chi connectivity index (χ4v) is 4.12. The van der Waals surface area contributed by atoms with E-state index in [1.165, 1.54) is 23.5 Å². The molecule has 0 saturated carbocycles. The van der Waals surface area contributed by atoms with Gasteiger partial charge in [-0.15, -0.1) is 10.2 Å². The zero-order chi connectivity index (χ0) is 23.3. The summed E-state index contributed by atoms with van der Waals surface area (Å²) in [5, 5.41) is 14.1. The second kappa shape index (κ2) is 10.5. The summed E-state index contributed by atoms with van der Waals surface area (Å²) in [6.07, 6.45) is 1.46. The largest absolute Gasteiger partial charge is 0.302 e. The number of hydrazone groups is 1. The fraction of sp³-hybridized carbons (Fsp3) is 0.304. The predicted octanol–water partition coefficient (Wildman–Crippen LogP) is 5.81. The Balaban J connectivity index is 1.63. The van der Waals surface area contributed by atoms with Gasteiger partial charge in [0.25, 0.3) is 5.91 Å². The van der Waals surface area contributed by atoms with E-state index in [0.29, 0.717) is 27.3 Å². The van der Waals surface area contributed by atoms with Crippen molar-refractivity contribution in [2.45, 2.75) is 44.8 Å². The lowest BCUT2D eigenvalue weighted by molar-refractivity contribution is -0.118. The van der Waals surface area contributed by atoms with Crippen LogP contribution in [0.1, 0.15) is 38.8 Å². The van der Waals surface area contributed by atoms with Gasteiger partial charge in [-0.1, -0.05) is 92.1 Å². The number of carbonyl (C=O) groups is 1. The highest BCUT2D eigenvalue weighted by molar-refractivity contribution is 7.99. The van der Waals surface area contributed by atoms with Gasteiger partial charge in [-0.05, 0) is 24.0 Å². The molecule has 0 aliphatic heterocycles. The molecule has 0 aliphatic carbocycles. The van der Waals surface area contributed by atoms with Crippen LogP contribution in [0.3, 0.4) is 0 Å². The molecule has 1 aromatic heterocycles. The first-order valence-corrected chi connectivity index (χ1v) is 11.9. The second-order valence-corrected chi connectivity index (χ2v) is 9.83. The Morgan fingerprint density at radius 1 is 1.16 bits per heavy atom. The van der Waals surface area contributed by atoms with E-state index >= 15 is 0 Å². The van der Waals surface area contributed by atoms with Crippen molar-refractivity contribution in [1.29, 1.82) is 0 Å². The van der Waals surface area contributed by atoms with Crippen LogP contribution in [0.2, 0.25) is 10.0 Å². The topological polar surface area (TPSA) is 72.2 Å². The monoisotopic (exact) mass is 489 g/mol. The minimum absolute atomic E-state index is 0.0892. The molecule has 0 saturated heterocycles. The molecule has 0 radical (unpaired) electrons. The normalized spacial score (nSPS) is 11.8. The van der Waals surface area contributed by atoms with E-state index in [9.17, 15) is 4.79 Å². The minimum Gasteiger partial charge on any atom is -0.302 e. The Morgan fingerprint density at radius 3 is 2.53 bits per heavy atom. The molecule has 0 aliphatic rings. The van der Waals surface area contributed by atoms with Gasteiger partial charge < -0.3 is 4.57 Å². The lowest BCUT2D eigenvalue weighted by atomic mass is 9.87. The van der Waals surface area contributed by atoms with Crippen LogP contribution in [0.25, 0.3) is 11.4 Å². The van der Waals surface area contributed by atoms with E-state index in [2.05, 4.69) is 65.8 Å². The van der Waals surface area contributed by atoms with Crippen LogP contribution in [0.4, 0.5) is 0 Å². The molecule has 3 aromatic rings. The summed E-state index contributed by atoms with van der Waals surface area (Å²) in [4.78, 5) is 12.2. The van der Waals surface area contributed by atoms with E-state index in [4.69, 9.17) is 23.2 Å². The van der Waals surface area contributed by atoms with Crippen LogP contribution < -0.4 is 5.43 Å². The third kappa shape index (κ3) is 5.91. The molecule has 0 bridgehead atoms. The molecule has 1 N–H and O–H groups in total. The lowest BCUT2D eigenvalue weighted by Gasteiger charge is -2.19. The number of nitrogens with zero attached hydrogens (tertiary/aromatic N) is 4. The van der Waals surface area contributed by atoms with Gasteiger partial charge in [0.1, 0.15) is 0 Å². The van der Waals surface area contributed by atoms with Crippen molar-refractivity contribution in [3.05, 3.63) is 63.6 Å². The number of benzene rings is 2. The number of nitrogens with one attached hydrogen (secondary N) is 1. The van der Waals surface area contributed by atoms with E-state index in [-0.39, 0.29) is 17.1 Å². The summed E-state index contributed by atoms with van der Waals surface area (Å²) in [6, 6.07) is 13.6. The van der Waals surface area contributed by atoms with E-state index < -0.39 is 0 Å². The molecule has 1 amide bonds. The van der Waals surface area contributed by atoms with Crippen molar-refractivity contribution in [3.8, 4) is 11.4 Å². The number of amides is 1. The Labute approximate surface area is 202 Å². The van der Waals surface area contributed by atoms with Crippen LogP contribution >= 0.6 is 35.0 Å². The van der Waals surface area contributed by atoms with Gasteiger partial charge in [0.05, 0.1) is 22.0 Å². The SMILES string of the molecule is CCn1c(SCC(=O)N/N=C/c2cccc(Cl)c2Cl)nnc1-c1ccc(C(C)(C)C)cc1. The molecule has 168 valence electrons. The van der Waals surface area contributed by atoms with Crippen molar-refractivity contribution in [1.82, 2.24) is 20.2 Å². The fourth-order valence-electron chi connectivity index (χ4n) is 2.97. The van der Waals surface area contributed by atoms with Crippen molar-refractivity contribution in [2.24, 2.45) is 5.10 Å². The van der Waals surface area contributed by atoms with Gasteiger partial charge in [0.2, 0.25) is 0 Å². The Bertz CT molecular complexity index is 1120. The van der Waals surface area contributed by atoms with Crippen molar-refractivity contribution in [3.63, 3.8) is 0 Å². The first-order valence-electron chi connectivity index (χ1n) is 10.1. The number of aromatic nitrogens is 3. The number of rotatable bonds is 7. The maximum atomic E-state index is 12.2. The molecule has 9 heteroatoms. The lowest BCUT2D eigenvalue weighted by Crippen LogP contribution is -2.20. The quantitative estimate of drug-likeness (QED) is 0.258. The van der Waals surface area contributed by atoms with E-state index in [1.807, 2.05) is 11.5 Å². The smallest absolute Gasteiger partial charge is 0.250 e. The molecule has 1 heterocycles. The van der Waals surface area contributed by atoms with Gasteiger partial charge in [-0.3, -0.25) is 4.79 Å². The molecule has 6 nitrogen and oxygen atoms in total. The second-order valence-electron chi connectivity index (χ2n) is 8.10. The molecule has 3 rings (SSSR count). The van der Waals surface area contributed by atoms with Crippen LogP contribution in [0.15, 0.2) is 52.7 Å². The Kier molecular flexibility index (Phi) is 7.98. The summed E-state index contributed by atoms with van der Waals surface area (Å²) in [5.74, 6) is 0.678. The summed E-state index contributed by atoms with van der Waals surface area (Å²) < 4.78 is 2.00. The molecule has 0 atom stereocenters. The molecule has 2 aromatic carbocycles. The van der Waals surface area contributed by atoms with Gasteiger partial charge >= 0.3 is 0 Å². The maximum Gasteiger partial charge on any atom is 0.250 e. The molecule has 32 heavy (non-hydrogen) atoms. The van der Waals surface area contributed by atoms with Crippen molar-refractivity contribution < 1.29 is 4.79 Å². The van der Waals surface area contributed by atoms with Crippen LogP contribution in [0, 0.1) is 0 Å². The van der Waals surface area contributed by atoms with Crippen molar-refractivity contribution in [2.75, 3.05) is 5.75 Å². The van der Waals surface area contributed by atoms with Gasteiger partial charge in [0, 0.05) is 17.7 Å². The van der Waals surface area contributed by atoms with Gasteiger partial charge in [0.15, 0.2) is 11.0 Å².